The first-order chi connectivity index (χ1) is 9.81. The van der Waals surface area contributed by atoms with Crippen LogP contribution < -0.4 is 14.4 Å². The second-order valence-corrected chi connectivity index (χ2v) is 4.65. The fourth-order valence-electron chi connectivity index (χ4n) is 1.94. The van der Waals surface area contributed by atoms with Gasteiger partial charge in [0.05, 0.1) is 31.4 Å². The maximum absolute atomic E-state index is 11.4. The molecule has 116 valence electrons. The highest BCUT2D eigenvalue weighted by Gasteiger charge is 2.21. The van der Waals surface area contributed by atoms with E-state index in [-0.39, 0.29) is 12.1 Å². The largest absolute Gasteiger partial charge is 0.493 e. The molecule has 0 saturated heterocycles. The molecule has 0 bridgehead atoms. The average molecular weight is 297 g/mol. The van der Waals surface area contributed by atoms with Crippen LogP contribution in [0.1, 0.15) is 17.3 Å². The quantitative estimate of drug-likeness (QED) is 0.788. The number of ether oxygens (including phenoxy) is 2. The van der Waals surface area contributed by atoms with Crippen LogP contribution in [0.2, 0.25) is 0 Å². The van der Waals surface area contributed by atoms with Gasteiger partial charge >= 0.3 is 11.9 Å². The van der Waals surface area contributed by atoms with Crippen LogP contribution in [0.15, 0.2) is 12.1 Å². The number of anilines is 1. The predicted octanol–water partition coefficient (Wildman–Crippen LogP) is 1.56. The highest BCUT2D eigenvalue weighted by atomic mass is 16.5. The van der Waals surface area contributed by atoms with Crippen molar-refractivity contribution < 1.29 is 29.3 Å². The lowest BCUT2D eigenvalue weighted by atomic mass is 10.1. The summed E-state index contributed by atoms with van der Waals surface area (Å²) in [5.74, 6) is -2.02. The first-order valence-corrected chi connectivity index (χ1v) is 6.25. The summed E-state index contributed by atoms with van der Waals surface area (Å²) in [7, 11) is 4.49. The van der Waals surface area contributed by atoms with Gasteiger partial charge in [-0.05, 0) is 0 Å². The number of hydrogen-bond acceptors (Lipinski definition) is 5. The summed E-state index contributed by atoms with van der Waals surface area (Å²) >= 11 is 0. The maximum atomic E-state index is 11.4. The third-order valence-electron chi connectivity index (χ3n) is 3.11. The third kappa shape index (κ3) is 3.77. The fourth-order valence-corrected chi connectivity index (χ4v) is 1.94. The second-order valence-electron chi connectivity index (χ2n) is 4.65. The van der Waals surface area contributed by atoms with Crippen LogP contribution in [-0.4, -0.2) is 50.0 Å². The van der Waals surface area contributed by atoms with Crippen LogP contribution in [0, 0.1) is 5.92 Å². The normalized spacial score (nSPS) is 11.6. The molecule has 0 saturated carbocycles. The molecule has 1 aromatic carbocycles. The molecule has 2 N–H and O–H groups in total. The third-order valence-corrected chi connectivity index (χ3v) is 3.11. The zero-order valence-corrected chi connectivity index (χ0v) is 12.4. The van der Waals surface area contributed by atoms with E-state index in [2.05, 4.69) is 0 Å². The molecule has 7 heteroatoms. The zero-order valence-electron chi connectivity index (χ0n) is 12.4. The summed E-state index contributed by atoms with van der Waals surface area (Å²) in [4.78, 5) is 23.9. The molecule has 1 rings (SSSR count). The minimum absolute atomic E-state index is 0.0211. The van der Waals surface area contributed by atoms with E-state index >= 15 is 0 Å². The monoisotopic (exact) mass is 297 g/mol. The van der Waals surface area contributed by atoms with Gasteiger partial charge in [0, 0.05) is 25.7 Å². The van der Waals surface area contributed by atoms with E-state index in [1.54, 1.807) is 18.9 Å². The Morgan fingerprint density at radius 3 is 2.14 bits per heavy atom. The van der Waals surface area contributed by atoms with Crippen molar-refractivity contribution >= 4 is 17.6 Å². The maximum Gasteiger partial charge on any atom is 0.337 e. The molecule has 0 aliphatic heterocycles. The highest BCUT2D eigenvalue weighted by Crippen LogP contribution is 2.35. The summed E-state index contributed by atoms with van der Waals surface area (Å²) in [6.45, 7) is 1.73. The van der Waals surface area contributed by atoms with E-state index in [1.807, 2.05) is 0 Å². The molecule has 0 heterocycles. The van der Waals surface area contributed by atoms with Crippen LogP contribution in [-0.2, 0) is 4.79 Å². The number of carboxylic acid groups (broad SMARTS) is 2. The summed E-state index contributed by atoms with van der Waals surface area (Å²) < 4.78 is 10.2. The summed E-state index contributed by atoms with van der Waals surface area (Å²) in [6, 6.07) is 2.88. The van der Waals surface area contributed by atoms with Gasteiger partial charge in [-0.25, -0.2) is 4.79 Å². The molecule has 0 aliphatic carbocycles. The number of hydrogen-bond donors (Lipinski definition) is 2. The molecule has 1 unspecified atom stereocenters. The molecular weight excluding hydrogens is 278 g/mol. The van der Waals surface area contributed by atoms with Gasteiger partial charge in [-0.3, -0.25) is 4.79 Å². The Morgan fingerprint density at radius 1 is 1.19 bits per heavy atom. The molecule has 0 radical (unpaired) electrons. The fraction of sp³-hybridized carbons (Fsp3) is 0.429. The Balaban J connectivity index is 3.25. The molecule has 0 amide bonds. The second kappa shape index (κ2) is 6.83. The molecule has 7 nitrogen and oxygen atoms in total. The Labute approximate surface area is 122 Å². The van der Waals surface area contributed by atoms with E-state index in [0.717, 1.165) is 0 Å². The zero-order chi connectivity index (χ0) is 16.2. The molecular formula is C14H19NO6. The Hall–Kier alpha value is -2.44. The van der Waals surface area contributed by atoms with Crippen molar-refractivity contribution in [3.63, 3.8) is 0 Å². The minimum atomic E-state index is -1.12. The van der Waals surface area contributed by atoms with Gasteiger partial charge in [-0.15, -0.1) is 0 Å². The van der Waals surface area contributed by atoms with Crippen LogP contribution in [0.25, 0.3) is 0 Å². The Kier molecular flexibility index (Phi) is 5.40. The summed E-state index contributed by atoms with van der Waals surface area (Å²) in [5.41, 5.74) is 0.390. The number of aromatic carboxylic acids is 1. The SMILES string of the molecule is COc1cc(C(=O)O)c(N(C)CC(C)C(=O)O)cc1OC. The molecule has 1 aromatic rings. The van der Waals surface area contributed by atoms with E-state index in [0.29, 0.717) is 17.2 Å². The Morgan fingerprint density at radius 2 is 1.71 bits per heavy atom. The molecule has 0 aromatic heterocycles. The van der Waals surface area contributed by atoms with Crippen molar-refractivity contribution in [1.29, 1.82) is 0 Å². The van der Waals surface area contributed by atoms with Crippen LogP contribution in [0.3, 0.4) is 0 Å². The van der Waals surface area contributed by atoms with Crippen molar-refractivity contribution in [1.82, 2.24) is 0 Å². The van der Waals surface area contributed by atoms with E-state index < -0.39 is 17.9 Å². The lowest BCUT2D eigenvalue weighted by Gasteiger charge is -2.24. The van der Waals surface area contributed by atoms with Crippen LogP contribution >= 0.6 is 0 Å². The van der Waals surface area contributed by atoms with Crippen molar-refractivity contribution in [2.75, 3.05) is 32.7 Å². The number of rotatable bonds is 7. The van der Waals surface area contributed by atoms with Crippen LogP contribution in [0.4, 0.5) is 5.69 Å². The van der Waals surface area contributed by atoms with Crippen molar-refractivity contribution in [2.45, 2.75) is 6.92 Å². The molecule has 0 aliphatic rings. The summed E-state index contributed by atoms with van der Waals surface area (Å²) in [5, 5.41) is 18.3. The molecule has 21 heavy (non-hydrogen) atoms. The van der Waals surface area contributed by atoms with Crippen molar-refractivity contribution in [3.05, 3.63) is 17.7 Å². The first-order valence-electron chi connectivity index (χ1n) is 6.25. The van der Waals surface area contributed by atoms with Gasteiger partial charge in [0.25, 0.3) is 0 Å². The van der Waals surface area contributed by atoms with E-state index in [9.17, 15) is 14.7 Å². The smallest absolute Gasteiger partial charge is 0.337 e. The van der Waals surface area contributed by atoms with E-state index in [1.165, 1.54) is 26.4 Å². The average Bonchev–Trinajstić information content (AvgIpc) is 2.45. The lowest BCUT2D eigenvalue weighted by molar-refractivity contribution is -0.140. The highest BCUT2D eigenvalue weighted by molar-refractivity contribution is 5.95. The molecule has 0 fully saturated rings. The number of carboxylic acids is 2. The Bertz CT molecular complexity index is 543. The van der Waals surface area contributed by atoms with Gasteiger partial charge in [0.1, 0.15) is 0 Å². The van der Waals surface area contributed by atoms with Gasteiger partial charge < -0.3 is 24.6 Å². The topological polar surface area (TPSA) is 96.3 Å². The van der Waals surface area contributed by atoms with E-state index in [4.69, 9.17) is 14.6 Å². The van der Waals surface area contributed by atoms with Crippen LogP contribution in [0.5, 0.6) is 11.5 Å². The number of methoxy groups -OCH3 is 2. The standard InChI is InChI=1S/C14H19NO6/c1-8(13(16)17)7-15(2)10-6-12(21-4)11(20-3)5-9(10)14(18)19/h5-6,8H,7H2,1-4H3,(H,16,17)(H,18,19). The van der Waals surface area contributed by atoms with Gasteiger partial charge in [0.15, 0.2) is 11.5 Å². The lowest BCUT2D eigenvalue weighted by Crippen LogP contribution is -2.29. The van der Waals surface area contributed by atoms with Gasteiger partial charge in [-0.1, -0.05) is 6.92 Å². The minimum Gasteiger partial charge on any atom is -0.493 e. The molecule has 0 spiro atoms. The van der Waals surface area contributed by atoms with Gasteiger partial charge in [0.2, 0.25) is 0 Å². The van der Waals surface area contributed by atoms with Gasteiger partial charge in [-0.2, -0.15) is 0 Å². The number of carbonyl (C=O) groups is 2. The number of benzene rings is 1. The number of aliphatic carboxylic acids is 1. The van der Waals surface area contributed by atoms with Crippen molar-refractivity contribution in [2.24, 2.45) is 5.92 Å². The first kappa shape index (κ1) is 16.6. The number of nitrogens with zero attached hydrogens (tertiary/aromatic N) is 1. The predicted molar refractivity (Wildman–Crippen MR) is 76.6 cm³/mol. The van der Waals surface area contributed by atoms with Crippen molar-refractivity contribution in [3.8, 4) is 11.5 Å². The summed E-state index contributed by atoms with van der Waals surface area (Å²) in [6.07, 6.45) is 0. The molecule has 1 atom stereocenters.